The zero-order valence-corrected chi connectivity index (χ0v) is 18.9. The van der Waals surface area contributed by atoms with E-state index in [2.05, 4.69) is 20.1 Å². The molecule has 1 saturated heterocycles. The molecule has 5 rings (SSSR count). The first-order chi connectivity index (χ1) is 15.9. The van der Waals surface area contributed by atoms with Crippen LogP contribution in [0.15, 0.2) is 35.7 Å². The van der Waals surface area contributed by atoms with Crippen LogP contribution in [0.2, 0.25) is 0 Å². The number of ether oxygens (including phenoxy) is 1. The van der Waals surface area contributed by atoms with Crippen molar-refractivity contribution < 1.29 is 17.9 Å². The summed E-state index contributed by atoms with van der Waals surface area (Å²) in [6.07, 6.45) is 9.81. The minimum absolute atomic E-state index is 0.0807. The highest BCUT2D eigenvalue weighted by atomic mass is 32.2. The average Bonchev–Trinajstić information content (AvgIpc) is 3.60. The Labute approximate surface area is 191 Å². The maximum atomic E-state index is 13.5. The molecular formula is C22H26N6O4S. The second-order valence-corrected chi connectivity index (χ2v) is 11.0. The van der Waals surface area contributed by atoms with Crippen LogP contribution in [0, 0.1) is 5.92 Å². The number of anilines is 1. The van der Waals surface area contributed by atoms with E-state index in [0.717, 1.165) is 12.8 Å². The number of ketones is 1. The third kappa shape index (κ3) is 4.47. The van der Waals surface area contributed by atoms with Crippen LogP contribution in [-0.4, -0.2) is 57.4 Å². The zero-order chi connectivity index (χ0) is 23.0. The van der Waals surface area contributed by atoms with Crippen LogP contribution in [-0.2, 0) is 25.8 Å². The topological polar surface area (TPSA) is 143 Å². The fourth-order valence-corrected chi connectivity index (χ4v) is 6.26. The van der Waals surface area contributed by atoms with Crippen molar-refractivity contribution in [1.29, 1.82) is 0 Å². The van der Waals surface area contributed by atoms with Gasteiger partial charge in [-0.15, -0.1) is 0 Å². The van der Waals surface area contributed by atoms with Crippen LogP contribution in [0.25, 0.3) is 11.0 Å². The van der Waals surface area contributed by atoms with Gasteiger partial charge in [0.15, 0.2) is 21.3 Å². The number of rotatable bonds is 8. The molecule has 2 aliphatic rings. The predicted octanol–water partition coefficient (Wildman–Crippen LogP) is 1.91. The third-order valence-corrected chi connectivity index (χ3v) is 8.65. The van der Waals surface area contributed by atoms with Crippen LogP contribution in [0.4, 0.5) is 5.82 Å². The van der Waals surface area contributed by atoms with Gasteiger partial charge in [0.05, 0.1) is 33.8 Å². The van der Waals surface area contributed by atoms with Gasteiger partial charge in [-0.05, 0) is 44.1 Å². The highest BCUT2D eigenvalue weighted by Crippen LogP contribution is 2.38. The van der Waals surface area contributed by atoms with Crippen LogP contribution in [0.3, 0.4) is 0 Å². The van der Waals surface area contributed by atoms with E-state index in [-0.39, 0.29) is 34.1 Å². The van der Waals surface area contributed by atoms with Crippen molar-refractivity contribution in [3.8, 4) is 0 Å². The molecule has 10 nitrogen and oxygen atoms in total. The van der Waals surface area contributed by atoms with Gasteiger partial charge in [-0.3, -0.25) is 14.8 Å². The van der Waals surface area contributed by atoms with Crippen molar-refractivity contribution in [3.63, 3.8) is 0 Å². The number of hydrogen-bond acceptors (Lipinski definition) is 9. The molecule has 3 aromatic rings. The Hall–Kier alpha value is -2.92. The molecule has 4 heterocycles. The first-order valence-electron chi connectivity index (χ1n) is 11.2. The van der Waals surface area contributed by atoms with Gasteiger partial charge in [-0.2, -0.15) is 5.10 Å². The van der Waals surface area contributed by atoms with Gasteiger partial charge >= 0.3 is 0 Å². The fourth-order valence-electron chi connectivity index (χ4n) is 4.41. The summed E-state index contributed by atoms with van der Waals surface area (Å²) in [6.45, 7) is 1.31. The number of sulfone groups is 1. The van der Waals surface area contributed by atoms with Crippen molar-refractivity contribution in [3.05, 3.63) is 36.5 Å². The lowest BCUT2D eigenvalue weighted by Crippen LogP contribution is -2.28. The van der Waals surface area contributed by atoms with Gasteiger partial charge < -0.3 is 10.5 Å². The van der Waals surface area contributed by atoms with Crippen molar-refractivity contribution in [2.24, 2.45) is 5.92 Å². The molecule has 174 valence electrons. The number of carbonyl (C=O) groups is 1. The van der Waals surface area contributed by atoms with Crippen molar-refractivity contribution >= 4 is 32.5 Å². The lowest BCUT2D eigenvalue weighted by atomic mass is 9.90. The Balaban J connectivity index is 1.55. The van der Waals surface area contributed by atoms with Crippen LogP contribution >= 0.6 is 0 Å². The molecule has 0 amide bonds. The highest BCUT2D eigenvalue weighted by Gasteiger charge is 2.39. The normalized spacial score (nSPS) is 18.4. The van der Waals surface area contributed by atoms with Gasteiger partial charge in [0.25, 0.3) is 0 Å². The van der Waals surface area contributed by atoms with E-state index in [1.165, 1.54) is 12.3 Å². The maximum Gasteiger partial charge on any atom is 0.182 e. The maximum absolute atomic E-state index is 13.5. The number of nitrogen functional groups attached to an aromatic ring is 1. The molecule has 33 heavy (non-hydrogen) atoms. The standard InChI is InChI=1S/C22H26N6O4S/c23-21-11-20(33(30,31)16-1-2-16)17-13-26-28(22(17)27-21)18(9-14-3-7-32-8-4-14)19(29)10-15-12-24-5-6-25-15/h5-6,11-14,16,18H,1-4,7-10H2,(H2,23,27)/t18-/m1/s1. The number of nitrogens with zero attached hydrogens (tertiary/aromatic N) is 5. The monoisotopic (exact) mass is 470 g/mol. The molecule has 1 saturated carbocycles. The Morgan fingerprint density at radius 3 is 2.67 bits per heavy atom. The average molecular weight is 471 g/mol. The predicted molar refractivity (Wildman–Crippen MR) is 120 cm³/mol. The summed E-state index contributed by atoms with van der Waals surface area (Å²) < 4.78 is 33.1. The molecule has 0 bridgehead atoms. The number of nitrogens with two attached hydrogens (primary N) is 1. The number of Topliss-reactive ketones (excluding diaryl/α,β-unsaturated/α-hetero) is 1. The summed E-state index contributed by atoms with van der Waals surface area (Å²) >= 11 is 0. The molecule has 11 heteroatoms. The minimum atomic E-state index is -3.52. The van der Waals surface area contributed by atoms with Crippen molar-refractivity contribution in [1.82, 2.24) is 24.7 Å². The smallest absolute Gasteiger partial charge is 0.182 e. The minimum Gasteiger partial charge on any atom is -0.384 e. The van der Waals surface area contributed by atoms with E-state index in [0.29, 0.717) is 49.2 Å². The van der Waals surface area contributed by atoms with E-state index in [9.17, 15) is 13.2 Å². The number of aromatic nitrogens is 5. The molecule has 1 aliphatic carbocycles. The molecule has 2 fully saturated rings. The van der Waals surface area contributed by atoms with E-state index < -0.39 is 15.9 Å². The molecule has 2 N–H and O–H groups in total. The Kier molecular flexibility index (Phi) is 5.83. The number of fused-ring (bicyclic) bond motifs is 1. The lowest BCUT2D eigenvalue weighted by Gasteiger charge is -2.26. The molecule has 0 radical (unpaired) electrons. The SMILES string of the molecule is Nc1cc(S(=O)(=O)C2CC2)c2cnn([C@H](CC3CCOCC3)C(=O)Cc3cnccn3)c2n1. The van der Waals surface area contributed by atoms with Crippen LogP contribution in [0.5, 0.6) is 0 Å². The second kappa shape index (κ2) is 8.79. The summed E-state index contributed by atoms with van der Waals surface area (Å²) in [6, 6.07) is 0.773. The first kappa shape index (κ1) is 21.9. The molecular weight excluding hydrogens is 444 g/mol. The van der Waals surface area contributed by atoms with Gasteiger partial charge in [0, 0.05) is 31.8 Å². The zero-order valence-electron chi connectivity index (χ0n) is 18.1. The molecule has 3 aromatic heterocycles. The molecule has 0 unspecified atom stereocenters. The van der Waals surface area contributed by atoms with Gasteiger partial charge in [-0.25, -0.2) is 18.1 Å². The van der Waals surface area contributed by atoms with Crippen molar-refractivity contribution in [2.75, 3.05) is 18.9 Å². The Morgan fingerprint density at radius 1 is 1.18 bits per heavy atom. The van der Waals surface area contributed by atoms with Crippen molar-refractivity contribution in [2.45, 2.75) is 54.7 Å². The number of hydrogen-bond donors (Lipinski definition) is 1. The quantitative estimate of drug-likeness (QED) is 0.522. The fraction of sp³-hybridized carbons (Fsp3) is 0.500. The summed E-state index contributed by atoms with van der Waals surface area (Å²) in [5.41, 5.74) is 6.91. The van der Waals surface area contributed by atoms with Gasteiger partial charge in [-0.1, -0.05) is 0 Å². The van der Waals surface area contributed by atoms with E-state index in [1.807, 2.05) is 0 Å². The molecule has 1 atom stereocenters. The van der Waals surface area contributed by atoms with Gasteiger partial charge in [0.1, 0.15) is 11.9 Å². The van der Waals surface area contributed by atoms with E-state index in [1.54, 1.807) is 23.3 Å². The van der Waals surface area contributed by atoms with Crippen LogP contribution < -0.4 is 5.73 Å². The number of pyridine rings is 1. The highest BCUT2D eigenvalue weighted by molar-refractivity contribution is 7.92. The number of carbonyl (C=O) groups excluding carboxylic acids is 1. The lowest BCUT2D eigenvalue weighted by molar-refractivity contribution is -0.122. The second-order valence-electron chi connectivity index (χ2n) is 8.76. The van der Waals surface area contributed by atoms with Crippen LogP contribution in [0.1, 0.15) is 43.8 Å². The summed E-state index contributed by atoms with van der Waals surface area (Å²) in [5.74, 6) is 0.294. The summed E-state index contributed by atoms with van der Waals surface area (Å²) in [4.78, 5) is 26.3. The summed E-state index contributed by atoms with van der Waals surface area (Å²) in [5, 5.41) is 4.48. The van der Waals surface area contributed by atoms with E-state index >= 15 is 0 Å². The van der Waals surface area contributed by atoms with Gasteiger partial charge in [0.2, 0.25) is 0 Å². The first-order valence-corrected chi connectivity index (χ1v) is 12.7. The van der Waals surface area contributed by atoms with E-state index in [4.69, 9.17) is 10.5 Å². The Morgan fingerprint density at radius 2 is 1.97 bits per heavy atom. The molecule has 0 aromatic carbocycles. The largest absolute Gasteiger partial charge is 0.384 e. The Bertz CT molecular complexity index is 1270. The summed E-state index contributed by atoms with van der Waals surface area (Å²) in [7, 11) is -3.52. The molecule has 0 spiro atoms. The third-order valence-electron chi connectivity index (χ3n) is 6.35. The molecule has 1 aliphatic heterocycles.